The summed E-state index contributed by atoms with van der Waals surface area (Å²) in [6.45, 7) is 38.2. The molecule has 2 unspecified atom stereocenters. The van der Waals surface area contributed by atoms with Crippen molar-refractivity contribution < 1.29 is 76.9 Å². The molecule has 2 heterocycles. The van der Waals surface area contributed by atoms with Crippen molar-refractivity contribution in [3.05, 3.63) is 94.1 Å². The third kappa shape index (κ3) is 11.2. The van der Waals surface area contributed by atoms with Crippen molar-refractivity contribution >= 4 is 62.2 Å². The second-order valence-corrected chi connectivity index (χ2v) is 42.0. The van der Waals surface area contributed by atoms with E-state index in [0.29, 0.717) is 29.6 Å². The van der Waals surface area contributed by atoms with Crippen LogP contribution in [0.3, 0.4) is 0 Å². The molecule has 8 aliphatic rings. The number of fused-ring (bicyclic) bond motifs is 10. The van der Waals surface area contributed by atoms with Crippen LogP contribution in [0.4, 0.5) is 0 Å². The van der Waals surface area contributed by atoms with Gasteiger partial charge in [0.15, 0.2) is 19.5 Å². The van der Waals surface area contributed by atoms with Crippen molar-refractivity contribution in [1.29, 1.82) is 0 Å². The van der Waals surface area contributed by atoms with E-state index in [2.05, 4.69) is 39.3 Å². The van der Waals surface area contributed by atoms with Crippen molar-refractivity contribution in [3.63, 3.8) is 0 Å². The van der Waals surface area contributed by atoms with Crippen molar-refractivity contribution in [2.75, 3.05) is 13.2 Å². The zero-order chi connectivity index (χ0) is 65.1. The highest BCUT2D eigenvalue weighted by atomic mass is 35.6. The highest BCUT2D eigenvalue weighted by Gasteiger charge is 2.79. The van der Waals surface area contributed by atoms with E-state index in [-0.39, 0.29) is 55.0 Å². The number of hydrogen-bond donors (Lipinski definition) is 3. The summed E-state index contributed by atoms with van der Waals surface area (Å²) in [5.41, 5.74) is -6.60. The van der Waals surface area contributed by atoms with E-state index in [1.54, 1.807) is 61.5 Å². The molecule has 0 radical (unpaired) electrons. The Kier molecular flexibility index (Phi) is 18.4. The fourth-order valence-corrected chi connectivity index (χ4v) is 18.6. The van der Waals surface area contributed by atoms with Gasteiger partial charge < -0.3 is 48.2 Å². The molecule has 0 spiro atoms. The summed E-state index contributed by atoms with van der Waals surface area (Å²) >= 11 is 5.67. The fourth-order valence-electron chi connectivity index (χ4n) is 17.5. The lowest BCUT2D eigenvalue weighted by Gasteiger charge is -2.68. The summed E-state index contributed by atoms with van der Waals surface area (Å²) < 4.78 is 43.8. The number of rotatable bonds is 8. The standard InChI is InChI=1S/C34H48O8Si.C31H40O8.C3H9ClSi/c1-19-16-25-33(18-39-25,41-22(4)35)27-29(40-30(37)23-14-12-11-13-15-23)34(38)17-24(42-43(8,9)10)20(2)26(31(34,5)6)21(3)28(36)32(19,27)7;1-16-13-22-30(15-37-22,39-19(4)32)24-26(38-27(35)20-11-9-8-10-12-20)31(36)14-21(33)17(2)23(28(31,5)6)18(3)25(34)29(16,24)7;1-5(2,3)4/h11-15,19,21,24-25,27,29,38H,16-18H2,1-10H3;8-12,16,18,21-22,24,26,33,36H,13-15H2,1-7H3;1-3H3/t19-,21+,24-,25+,27?,29-,32+,33-,34+;16-,18+,21-,22+,24?,26-,29+,30-,31+;/m00./s1. The van der Waals surface area contributed by atoms with Crippen LogP contribution in [0.25, 0.3) is 0 Å². The van der Waals surface area contributed by atoms with Crippen molar-refractivity contribution in [2.24, 2.45) is 57.2 Å². The smallest absolute Gasteiger partial charge is 0.338 e. The van der Waals surface area contributed by atoms with Gasteiger partial charge in [-0.05, 0) is 105 Å². The van der Waals surface area contributed by atoms with Crippen LogP contribution in [0.2, 0.25) is 39.3 Å². The monoisotopic (exact) mass is 1260 g/mol. The largest absolute Gasteiger partial charge is 0.455 e. The van der Waals surface area contributed by atoms with E-state index >= 15 is 4.79 Å². The zero-order valence-corrected chi connectivity index (χ0v) is 57.7. The molecule has 3 N–H and O–H groups in total. The summed E-state index contributed by atoms with van der Waals surface area (Å²) in [6.07, 6.45) is -4.03. The number of aliphatic hydroxyl groups is 3. The summed E-state index contributed by atoms with van der Waals surface area (Å²) in [6, 6.07) is 17.1. The molecular formula is C68H97ClO16Si2. The predicted molar refractivity (Wildman–Crippen MR) is 334 cm³/mol. The normalized spacial score (nSPS) is 39.8. The molecule has 6 fully saturated rings. The number of ether oxygens (including phenoxy) is 6. The lowest BCUT2D eigenvalue weighted by Crippen LogP contribution is -2.80. The van der Waals surface area contributed by atoms with E-state index in [4.69, 9.17) is 43.9 Å². The first-order valence-electron chi connectivity index (χ1n) is 31.1. The number of halogens is 1. The summed E-state index contributed by atoms with van der Waals surface area (Å²) in [4.78, 5) is 82.6. The van der Waals surface area contributed by atoms with Gasteiger partial charge >= 0.3 is 23.9 Å². The summed E-state index contributed by atoms with van der Waals surface area (Å²) in [5.74, 6) is -5.84. The van der Waals surface area contributed by atoms with Gasteiger partial charge in [-0.15, -0.1) is 0 Å². The minimum absolute atomic E-state index is 0.0132. The van der Waals surface area contributed by atoms with Crippen LogP contribution in [-0.2, 0) is 52.0 Å². The molecule has 19 heteroatoms. The van der Waals surface area contributed by atoms with Gasteiger partial charge in [0.1, 0.15) is 54.6 Å². The maximum absolute atomic E-state index is 15.0. The lowest BCUT2D eigenvalue weighted by molar-refractivity contribution is -0.339. The van der Waals surface area contributed by atoms with E-state index in [1.807, 2.05) is 82.2 Å². The maximum Gasteiger partial charge on any atom is 0.338 e. The number of carbonyl (C=O) groups is 6. The third-order valence-corrected chi connectivity index (χ3v) is 22.9. The predicted octanol–water partition coefficient (Wildman–Crippen LogP) is 11.2. The molecule has 2 aromatic carbocycles. The fraction of sp³-hybridized carbons (Fsp3) is 0.676. The molecule has 87 heavy (non-hydrogen) atoms. The summed E-state index contributed by atoms with van der Waals surface area (Å²) in [5, 5.41) is 37.4. The van der Waals surface area contributed by atoms with Crippen LogP contribution in [0.5, 0.6) is 0 Å². The van der Waals surface area contributed by atoms with Crippen molar-refractivity contribution in [2.45, 2.75) is 221 Å². The zero-order valence-electron chi connectivity index (χ0n) is 55.0. The van der Waals surface area contributed by atoms with Crippen LogP contribution < -0.4 is 0 Å². The van der Waals surface area contributed by atoms with Crippen molar-refractivity contribution in [1.82, 2.24) is 0 Å². The van der Waals surface area contributed by atoms with Gasteiger partial charge in [-0.3, -0.25) is 19.2 Å². The van der Waals surface area contributed by atoms with E-state index < -0.39 is 144 Å². The Morgan fingerprint density at radius 1 is 0.586 bits per heavy atom. The van der Waals surface area contributed by atoms with Crippen LogP contribution in [0, 0.1) is 57.2 Å². The molecule has 4 saturated carbocycles. The highest BCUT2D eigenvalue weighted by Crippen LogP contribution is 2.68. The number of esters is 4. The summed E-state index contributed by atoms with van der Waals surface area (Å²) in [7, 11) is -3.26. The number of hydrogen-bond acceptors (Lipinski definition) is 16. The van der Waals surface area contributed by atoms with E-state index in [9.17, 15) is 39.3 Å². The van der Waals surface area contributed by atoms with Gasteiger partial charge in [0.25, 0.3) is 0 Å². The van der Waals surface area contributed by atoms with Crippen LogP contribution in [-0.4, -0.2) is 139 Å². The van der Waals surface area contributed by atoms with Crippen molar-refractivity contribution in [3.8, 4) is 0 Å². The molecule has 2 saturated heterocycles. The Hall–Kier alpha value is -4.38. The topological polar surface area (TPSA) is 228 Å². The Labute approximate surface area is 522 Å². The number of benzene rings is 2. The quantitative estimate of drug-likeness (QED) is 0.0734. The van der Waals surface area contributed by atoms with Gasteiger partial charge in [0, 0.05) is 60.2 Å². The Morgan fingerprint density at radius 2 is 0.931 bits per heavy atom. The average Bonchev–Trinajstić information content (AvgIpc) is 0.682. The molecule has 0 amide bonds. The van der Waals surface area contributed by atoms with Crippen LogP contribution in [0.1, 0.15) is 143 Å². The van der Waals surface area contributed by atoms with Gasteiger partial charge in [-0.1, -0.05) is 125 Å². The SMILES string of the molecule is CC(=O)O[C@@]12CO[C@@H]1C[C@H](C)[C@@]1(C)C(=O)[C@H](C)C3=C(C)[C@@H](O)C[C@@](O)([C@@H](OC(=O)c4ccccc4)C12)C3(C)C.CC(=O)O[C@@]12CO[C@@H]1C[C@H](C)[C@@]1(C)C(=O)[C@H](C)C3=C(C)[C@@H](O[Si](C)(C)C)C[C@@](O)([C@@H](OC(=O)c4ccccc4)C12)C3(C)C.C[Si](C)(C)Cl. The molecule has 16 nitrogen and oxygen atoms in total. The van der Waals surface area contributed by atoms with Gasteiger partial charge in [0.2, 0.25) is 0 Å². The molecule has 0 aromatic heterocycles. The molecule has 4 bridgehead atoms. The minimum atomic E-state index is -2.13. The lowest BCUT2D eigenvalue weighted by atomic mass is 9.42. The van der Waals surface area contributed by atoms with Gasteiger partial charge in [-0.25, -0.2) is 9.59 Å². The van der Waals surface area contributed by atoms with Crippen LogP contribution in [0.15, 0.2) is 83.0 Å². The average molecular weight is 1260 g/mol. The molecular weight excluding hydrogens is 1160 g/mol. The molecule has 2 aliphatic heterocycles. The van der Waals surface area contributed by atoms with Gasteiger partial charge in [0.05, 0.1) is 48.4 Å². The number of aliphatic hydroxyl groups excluding tert-OH is 1. The third-order valence-electron chi connectivity index (χ3n) is 21.9. The second-order valence-electron chi connectivity index (χ2n) is 30.0. The number of carbonyl (C=O) groups excluding carboxylic acids is 6. The number of ketones is 2. The number of Topliss-reactive ketones (excluding diaryl/α,β-unsaturated/α-hetero) is 2. The molecule has 480 valence electrons. The first-order valence-corrected chi connectivity index (χ1v) is 39.0. The minimum Gasteiger partial charge on any atom is -0.455 e. The van der Waals surface area contributed by atoms with Gasteiger partial charge in [-0.2, -0.15) is 11.1 Å². The maximum atomic E-state index is 15.0. The molecule has 6 aliphatic carbocycles. The second kappa shape index (κ2) is 23.4. The molecule has 18 atom stereocenters. The van der Waals surface area contributed by atoms with E-state index in [0.717, 1.165) is 11.1 Å². The first kappa shape index (κ1) is 68.5. The molecule has 2 aromatic rings. The highest BCUT2D eigenvalue weighted by molar-refractivity contribution is 7.18. The molecule has 10 rings (SSSR count). The Bertz CT molecular complexity index is 3090. The van der Waals surface area contributed by atoms with E-state index in [1.165, 1.54) is 13.8 Å². The Morgan fingerprint density at radius 3 is 1.25 bits per heavy atom. The Balaban J connectivity index is 0.000000210. The first-order chi connectivity index (χ1) is 39.9. The van der Waals surface area contributed by atoms with Crippen LogP contribution >= 0.6 is 11.1 Å².